The van der Waals surface area contributed by atoms with Crippen molar-refractivity contribution in [3.05, 3.63) is 29.6 Å². The molecular weight excluding hydrogens is 293 g/mol. The van der Waals surface area contributed by atoms with E-state index in [1.807, 2.05) is 0 Å². The molecule has 1 heterocycles. The van der Waals surface area contributed by atoms with Gasteiger partial charge >= 0.3 is 6.36 Å². The molecule has 2 aromatic rings. The molecule has 1 N–H and O–H groups in total. The van der Waals surface area contributed by atoms with Gasteiger partial charge in [0.2, 0.25) is 5.91 Å². The summed E-state index contributed by atoms with van der Waals surface area (Å²) in [6.45, 7) is 1.35. The molecule has 0 radical (unpaired) electrons. The van der Waals surface area contributed by atoms with Crippen LogP contribution in [0.3, 0.4) is 0 Å². The van der Waals surface area contributed by atoms with Crippen molar-refractivity contribution in [3.63, 3.8) is 0 Å². The van der Waals surface area contributed by atoms with Crippen LogP contribution in [0.2, 0.25) is 0 Å². The molecule has 20 heavy (non-hydrogen) atoms. The number of hydrogen-bond donors (Lipinski definition) is 1. The summed E-state index contributed by atoms with van der Waals surface area (Å²) in [7, 11) is 0. The minimum absolute atomic E-state index is 0.264. The van der Waals surface area contributed by atoms with Gasteiger partial charge in [-0.2, -0.15) is 0 Å². The van der Waals surface area contributed by atoms with E-state index in [4.69, 9.17) is 0 Å². The van der Waals surface area contributed by atoms with Crippen LogP contribution in [0.15, 0.2) is 29.6 Å². The molecular formula is C12H9F3N2O2S. The lowest BCUT2D eigenvalue weighted by Crippen LogP contribution is -2.17. The largest absolute Gasteiger partial charge is 0.573 e. The zero-order valence-corrected chi connectivity index (χ0v) is 11.0. The zero-order valence-electron chi connectivity index (χ0n) is 10.2. The summed E-state index contributed by atoms with van der Waals surface area (Å²) in [5.41, 5.74) is 0.936. The van der Waals surface area contributed by atoms with E-state index >= 15 is 0 Å². The van der Waals surface area contributed by atoms with Crippen molar-refractivity contribution in [1.82, 2.24) is 4.98 Å². The third-order valence-electron chi connectivity index (χ3n) is 2.15. The van der Waals surface area contributed by atoms with E-state index in [-0.39, 0.29) is 11.7 Å². The molecule has 0 spiro atoms. The summed E-state index contributed by atoms with van der Waals surface area (Å²) >= 11 is 1.19. The van der Waals surface area contributed by atoms with Crippen LogP contribution in [0, 0.1) is 0 Å². The van der Waals surface area contributed by atoms with Crippen LogP contribution in [0.25, 0.3) is 11.3 Å². The zero-order chi connectivity index (χ0) is 14.8. The Kier molecular flexibility index (Phi) is 3.93. The number of rotatable bonds is 3. The minimum Gasteiger partial charge on any atom is -0.406 e. The van der Waals surface area contributed by atoms with Crippen LogP contribution in [-0.2, 0) is 4.79 Å². The van der Waals surface area contributed by atoms with E-state index in [0.717, 1.165) is 0 Å². The number of benzene rings is 1. The fourth-order valence-corrected chi connectivity index (χ4v) is 2.23. The molecule has 2 rings (SSSR count). The predicted octanol–water partition coefficient (Wildman–Crippen LogP) is 3.67. The fourth-order valence-electron chi connectivity index (χ4n) is 1.47. The standard InChI is InChI=1S/C12H9F3N2O2S/c1-7(18)16-11-17-10(6-20-11)8-3-2-4-9(5-8)19-12(13,14)15/h2-6H,1H3,(H,16,17,18). The lowest BCUT2D eigenvalue weighted by molar-refractivity contribution is -0.274. The molecule has 0 bridgehead atoms. The van der Waals surface area contributed by atoms with E-state index in [9.17, 15) is 18.0 Å². The topological polar surface area (TPSA) is 51.2 Å². The number of nitrogens with one attached hydrogen (secondary N) is 1. The summed E-state index contributed by atoms with van der Waals surface area (Å²) in [5, 5.41) is 4.53. The number of nitrogens with zero attached hydrogens (tertiary/aromatic N) is 1. The second-order valence-corrected chi connectivity index (χ2v) is 4.65. The number of carbonyl (C=O) groups is 1. The number of aromatic nitrogens is 1. The highest BCUT2D eigenvalue weighted by Crippen LogP contribution is 2.29. The molecule has 1 amide bonds. The highest BCUT2D eigenvalue weighted by Gasteiger charge is 2.31. The van der Waals surface area contributed by atoms with Crippen LogP contribution in [0.4, 0.5) is 18.3 Å². The van der Waals surface area contributed by atoms with Crippen molar-refractivity contribution < 1.29 is 22.7 Å². The first-order valence-electron chi connectivity index (χ1n) is 5.43. The number of alkyl halides is 3. The molecule has 8 heteroatoms. The third-order valence-corrected chi connectivity index (χ3v) is 2.91. The average molecular weight is 302 g/mol. The van der Waals surface area contributed by atoms with E-state index < -0.39 is 6.36 Å². The van der Waals surface area contributed by atoms with Gasteiger partial charge in [0, 0.05) is 17.9 Å². The lowest BCUT2D eigenvalue weighted by atomic mass is 10.2. The molecule has 0 aliphatic heterocycles. The molecule has 0 atom stereocenters. The molecule has 0 fully saturated rings. The Morgan fingerprint density at radius 1 is 1.40 bits per heavy atom. The Morgan fingerprint density at radius 3 is 2.80 bits per heavy atom. The Hall–Kier alpha value is -2.09. The van der Waals surface area contributed by atoms with Crippen molar-refractivity contribution in [2.75, 3.05) is 5.32 Å². The number of anilines is 1. The first-order chi connectivity index (χ1) is 9.33. The molecule has 0 saturated carbocycles. The normalized spacial score (nSPS) is 11.2. The number of ether oxygens (including phenoxy) is 1. The first kappa shape index (κ1) is 14.3. The smallest absolute Gasteiger partial charge is 0.406 e. The number of carbonyl (C=O) groups excluding carboxylic acids is 1. The fraction of sp³-hybridized carbons (Fsp3) is 0.167. The van der Waals surface area contributed by atoms with Gasteiger partial charge in [0.25, 0.3) is 0 Å². The van der Waals surface area contributed by atoms with Crippen LogP contribution in [-0.4, -0.2) is 17.3 Å². The van der Waals surface area contributed by atoms with Crippen LogP contribution in [0.1, 0.15) is 6.92 Å². The number of hydrogen-bond acceptors (Lipinski definition) is 4. The summed E-state index contributed by atoms with van der Waals surface area (Å²) in [6.07, 6.45) is -4.73. The quantitative estimate of drug-likeness (QED) is 0.941. The maximum Gasteiger partial charge on any atom is 0.573 e. The van der Waals surface area contributed by atoms with Gasteiger partial charge in [-0.15, -0.1) is 24.5 Å². The molecule has 1 aromatic carbocycles. The monoisotopic (exact) mass is 302 g/mol. The van der Waals surface area contributed by atoms with E-state index in [1.165, 1.54) is 36.5 Å². The molecule has 0 saturated heterocycles. The van der Waals surface area contributed by atoms with E-state index in [0.29, 0.717) is 16.4 Å². The van der Waals surface area contributed by atoms with Gasteiger partial charge in [-0.05, 0) is 12.1 Å². The van der Waals surface area contributed by atoms with Gasteiger partial charge in [0.05, 0.1) is 5.69 Å². The first-order valence-corrected chi connectivity index (χ1v) is 6.31. The maximum absolute atomic E-state index is 12.1. The van der Waals surface area contributed by atoms with Crippen LogP contribution >= 0.6 is 11.3 Å². The Bertz CT molecular complexity index is 625. The molecule has 0 unspecified atom stereocenters. The molecule has 0 aliphatic carbocycles. The highest BCUT2D eigenvalue weighted by molar-refractivity contribution is 7.14. The van der Waals surface area contributed by atoms with Gasteiger partial charge in [0.15, 0.2) is 5.13 Å². The maximum atomic E-state index is 12.1. The number of halogens is 3. The molecule has 4 nitrogen and oxygen atoms in total. The molecule has 106 valence electrons. The highest BCUT2D eigenvalue weighted by atomic mass is 32.1. The summed E-state index contributed by atoms with van der Waals surface area (Å²) < 4.78 is 40.3. The average Bonchev–Trinajstić information content (AvgIpc) is 2.74. The van der Waals surface area contributed by atoms with E-state index in [1.54, 1.807) is 11.4 Å². The minimum atomic E-state index is -4.73. The Morgan fingerprint density at radius 2 is 2.15 bits per heavy atom. The third kappa shape index (κ3) is 3.95. The summed E-state index contributed by atoms with van der Waals surface area (Å²) in [4.78, 5) is 15.0. The Balaban J connectivity index is 2.22. The molecule has 0 aliphatic rings. The summed E-state index contributed by atoms with van der Waals surface area (Å²) in [5.74, 6) is -0.580. The van der Waals surface area contributed by atoms with Crippen molar-refractivity contribution in [2.45, 2.75) is 13.3 Å². The SMILES string of the molecule is CC(=O)Nc1nc(-c2cccc(OC(F)(F)F)c2)cs1. The molecule has 1 aromatic heterocycles. The number of amides is 1. The van der Waals surface area contributed by atoms with Crippen molar-refractivity contribution in [2.24, 2.45) is 0 Å². The van der Waals surface area contributed by atoms with E-state index in [2.05, 4.69) is 15.0 Å². The van der Waals surface area contributed by atoms with Gasteiger partial charge in [-0.25, -0.2) is 4.98 Å². The van der Waals surface area contributed by atoms with Gasteiger partial charge in [-0.3, -0.25) is 4.79 Å². The second kappa shape index (κ2) is 5.49. The van der Waals surface area contributed by atoms with Crippen LogP contribution < -0.4 is 10.1 Å². The van der Waals surface area contributed by atoms with Gasteiger partial charge in [0.1, 0.15) is 5.75 Å². The van der Waals surface area contributed by atoms with Crippen molar-refractivity contribution in [1.29, 1.82) is 0 Å². The second-order valence-electron chi connectivity index (χ2n) is 3.79. The predicted molar refractivity (Wildman–Crippen MR) is 68.5 cm³/mol. The van der Waals surface area contributed by atoms with Crippen LogP contribution in [0.5, 0.6) is 5.75 Å². The van der Waals surface area contributed by atoms with Gasteiger partial charge in [-0.1, -0.05) is 12.1 Å². The van der Waals surface area contributed by atoms with Crippen molar-refractivity contribution >= 4 is 22.4 Å². The van der Waals surface area contributed by atoms with Gasteiger partial charge < -0.3 is 10.1 Å². The Labute approximate surface area is 116 Å². The summed E-state index contributed by atoms with van der Waals surface area (Å²) in [6, 6.07) is 5.49. The van der Waals surface area contributed by atoms with Crippen molar-refractivity contribution in [3.8, 4) is 17.0 Å². The lowest BCUT2D eigenvalue weighted by Gasteiger charge is -2.09. The number of thiazole rings is 1.